The van der Waals surface area contributed by atoms with E-state index in [4.69, 9.17) is 4.74 Å². The summed E-state index contributed by atoms with van der Waals surface area (Å²) in [5.74, 6) is -0.979. The van der Waals surface area contributed by atoms with Crippen LogP contribution >= 0.6 is 0 Å². The molecule has 5 heteroatoms. The topological polar surface area (TPSA) is 45.6 Å². The molecule has 0 aliphatic carbocycles. The van der Waals surface area contributed by atoms with Gasteiger partial charge in [0.1, 0.15) is 0 Å². The maximum atomic E-state index is 13.6. The number of aryl methyl sites for hydroxylation is 1. The van der Waals surface area contributed by atoms with E-state index in [1.54, 1.807) is 6.07 Å². The zero-order valence-corrected chi connectivity index (χ0v) is 13.1. The Balaban J connectivity index is 2.05. The van der Waals surface area contributed by atoms with Crippen LogP contribution in [0.2, 0.25) is 0 Å². The third-order valence-electron chi connectivity index (χ3n) is 3.49. The molecule has 2 aromatic rings. The minimum absolute atomic E-state index is 0.147. The number of phenols is 1. The van der Waals surface area contributed by atoms with Crippen LogP contribution in [0.25, 0.3) is 0 Å². The molecule has 0 atom stereocenters. The smallest absolute Gasteiger partial charge is 0.194 e. The first-order valence-electron chi connectivity index (χ1n) is 7.21. The van der Waals surface area contributed by atoms with Crippen molar-refractivity contribution in [3.05, 3.63) is 53.1 Å². The Bertz CT molecular complexity index is 629. The first-order valence-corrected chi connectivity index (χ1v) is 7.21. The standard InChI is InChI=1S/C17H21FN2O2/c1-4-12-5-6-14(19-9-12)11-20(2)10-13-7-15(18)17(21)16(8-13)22-3/h5-9,21H,4,10-11H2,1-3H3. The Hall–Kier alpha value is -2.14. The summed E-state index contributed by atoms with van der Waals surface area (Å²) in [7, 11) is 3.34. The maximum absolute atomic E-state index is 13.6. The van der Waals surface area contributed by atoms with Crippen molar-refractivity contribution < 1.29 is 14.2 Å². The highest BCUT2D eigenvalue weighted by molar-refractivity contribution is 5.43. The molecular weight excluding hydrogens is 283 g/mol. The largest absolute Gasteiger partial charge is 0.502 e. The zero-order valence-electron chi connectivity index (χ0n) is 13.1. The SMILES string of the molecule is CCc1ccc(CN(C)Cc2cc(F)c(O)c(OC)c2)nc1. The molecule has 1 aromatic heterocycles. The van der Waals surface area contributed by atoms with Crippen molar-refractivity contribution in [2.24, 2.45) is 0 Å². The van der Waals surface area contributed by atoms with Crippen molar-refractivity contribution in [2.75, 3.05) is 14.2 Å². The van der Waals surface area contributed by atoms with Crippen molar-refractivity contribution in [3.63, 3.8) is 0 Å². The number of hydrogen-bond acceptors (Lipinski definition) is 4. The molecule has 4 nitrogen and oxygen atoms in total. The van der Waals surface area contributed by atoms with Gasteiger partial charge in [0.25, 0.3) is 0 Å². The number of pyridine rings is 1. The molecule has 1 heterocycles. The van der Waals surface area contributed by atoms with Crippen LogP contribution in [0, 0.1) is 5.82 Å². The van der Waals surface area contributed by atoms with Gasteiger partial charge >= 0.3 is 0 Å². The molecule has 0 saturated heterocycles. The predicted octanol–water partition coefficient (Wildman–Crippen LogP) is 3.13. The fourth-order valence-corrected chi connectivity index (χ4v) is 2.28. The van der Waals surface area contributed by atoms with Crippen LogP contribution in [0.5, 0.6) is 11.5 Å². The molecule has 0 unspecified atom stereocenters. The average Bonchev–Trinajstić information content (AvgIpc) is 2.51. The highest BCUT2D eigenvalue weighted by Crippen LogP contribution is 2.30. The molecule has 0 saturated carbocycles. The monoisotopic (exact) mass is 304 g/mol. The van der Waals surface area contributed by atoms with Crippen LogP contribution in [-0.2, 0) is 19.5 Å². The molecule has 1 aromatic carbocycles. The lowest BCUT2D eigenvalue weighted by Crippen LogP contribution is -2.18. The molecule has 0 bridgehead atoms. The number of nitrogens with zero attached hydrogens (tertiary/aromatic N) is 2. The van der Waals surface area contributed by atoms with E-state index in [9.17, 15) is 9.50 Å². The van der Waals surface area contributed by atoms with Crippen LogP contribution in [0.15, 0.2) is 30.5 Å². The van der Waals surface area contributed by atoms with Crippen LogP contribution in [0.3, 0.4) is 0 Å². The Labute approximate surface area is 130 Å². The number of aromatic hydroxyl groups is 1. The first kappa shape index (κ1) is 16.2. The Morgan fingerprint density at radius 3 is 2.59 bits per heavy atom. The van der Waals surface area contributed by atoms with E-state index < -0.39 is 11.6 Å². The summed E-state index contributed by atoms with van der Waals surface area (Å²) < 4.78 is 18.6. The number of hydrogen-bond donors (Lipinski definition) is 1. The van der Waals surface area contributed by atoms with E-state index >= 15 is 0 Å². The quantitative estimate of drug-likeness (QED) is 0.890. The van der Waals surface area contributed by atoms with Crippen LogP contribution in [0.1, 0.15) is 23.7 Å². The normalized spacial score (nSPS) is 11.0. The molecule has 22 heavy (non-hydrogen) atoms. The van der Waals surface area contributed by atoms with Crippen molar-refractivity contribution in [3.8, 4) is 11.5 Å². The summed E-state index contributed by atoms with van der Waals surface area (Å²) in [5, 5.41) is 9.52. The summed E-state index contributed by atoms with van der Waals surface area (Å²) in [5.41, 5.74) is 2.91. The van der Waals surface area contributed by atoms with Crippen LogP contribution < -0.4 is 4.74 Å². The molecule has 118 valence electrons. The molecule has 0 radical (unpaired) electrons. The van der Waals surface area contributed by atoms with Crippen molar-refractivity contribution >= 4 is 0 Å². The molecule has 0 spiro atoms. The number of halogens is 1. The fourth-order valence-electron chi connectivity index (χ4n) is 2.28. The lowest BCUT2D eigenvalue weighted by atomic mass is 10.1. The Kier molecular flexibility index (Phi) is 5.33. The van der Waals surface area contributed by atoms with E-state index in [0.717, 1.165) is 17.7 Å². The lowest BCUT2D eigenvalue weighted by Gasteiger charge is -2.17. The predicted molar refractivity (Wildman–Crippen MR) is 83.4 cm³/mol. The Morgan fingerprint density at radius 2 is 2.00 bits per heavy atom. The summed E-state index contributed by atoms with van der Waals surface area (Å²) >= 11 is 0. The summed E-state index contributed by atoms with van der Waals surface area (Å²) in [6.45, 7) is 3.29. The summed E-state index contributed by atoms with van der Waals surface area (Å²) in [4.78, 5) is 6.44. The summed E-state index contributed by atoms with van der Waals surface area (Å²) in [6.07, 6.45) is 2.85. The molecule has 0 amide bonds. The van der Waals surface area contributed by atoms with Crippen molar-refractivity contribution in [2.45, 2.75) is 26.4 Å². The van der Waals surface area contributed by atoms with E-state index in [2.05, 4.69) is 18.0 Å². The number of ether oxygens (including phenoxy) is 1. The number of methoxy groups -OCH3 is 1. The third-order valence-corrected chi connectivity index (χ3v) is 3.49. The molecule has 2 rings (SSSR count). The number of rotatable bonds is 6. The maximum Gasteiger partial charge on any atom is 0.194 e. The van der Waals surface area contributed by atoms with Gasteiger partial charge < -0.3 is 9.84 Å². The van der Waals surface area contributed by atoms with E-state index in [0.29, 0.717) is 13.1 Å². The molecular formula is C17H21FN2O2. The fraction of sp³-hybridized carbons (Fsp3) is 0.353. The van der Waals surface area contributed by atoms with Gasteiger partial charge in [0.2, 0.25) is 0 Å². The van der Waals surface area contributed by atoms with Gasteiger partial charge in [-0.25, -0.2) is 4.39 Å². The lowest BCUT2D eigenvalue weighted by molar-refractivity contribution is 0.311. The first-order chi connectivity index (χ1) is 10.5. The minimum Gasteiger partial charge on any atom is -0.502 e. The van der Waals surface area contributed by atoms with Crippen molar-refractivity contribution in [1.82, 2.24) is 9.88 Å². The zero-order chi connectivity index (χ0) is 16.1. The van der Waals surface area contributed by atoms with E-state index in [1.165, 1.54) is 18.7 Å². The van der Waals surface area contributed by atoms with Gasteiger partial charge in [0, 0.05) is 19.3 Å². The Morgan fingerprint density at radius 1 is 1.23 bits per heavy atom. The molecule has 0 aliphatic rings. The summed E-state index contributed by atoms with van der Waals surface area (Å²) in [6, 6.07) is 7.04. The molecule has 0 aliphatic heterocycles. The van der Waals surface area contributed by atoms with Crippen LogP contribution in [-0.4, -0.2) is 29.1 Å². The van der Waals surface area contributed by atoms with Gasteiger partial charge in [-0.1, -0.05) is 13.0 Å². The number of aromatic nitrogens is 1. The minimum atomic E-state index is -0.673. The van der Waals surface area contributed by atoms with Gasteiger partial charge in [-0.3, -0.25) is 9.88 Å². The highest BCUT2D eigenvalue weighted by atomic mass is 19.1. The van der Waals surface area contributed by atoms with Gasteiger partial charge in [-0.15, -0.1) is 0 Å². The molecule has 0 fully saturated rings. The second-order valence-corrected chi connectivity index (χ2v) is 5.31. The second kappa shape index (κ2) is 7.22. The average molecular weight is 304 g/mol. The molecule has 1 N–H and O–H groups in total. The van der Waals surface area contributed by atoms with Gasteiger partial charge in [-0.05, 0) is 42.8 Å². The second-order valence-electron chi connectivity index (χ2n) is 5.31. The number of phenolic OH excluding ortho intramolecular Hbond substituents is 1. The van der Waals surface area contributed by atoms with E-state index in [-0.39, 0.29) is 5.75 Å². The third kappa shape index (κ3) is 3.95. The van der Waals surface area contributed by atoms with Gasteiger partial charge in [0.15, 0.2) is 17.3 Å². The van der Waals surface area contributed by atoms with Gasteiger partial charge in [0.05, 0.1) is 12.8 Å². The van der Waals surface area contributed by atoms with Crippen LogP contribution in [0.4, 0.5) is 4.39 Å². The van der Waals surface area contributed by atoms with E-state index in [1.807, 2.05) is 24.2 Å². The van der Waals surface area contributed by atoms with Crippen molar-refractivity contribution in [1.29, 1.82) is 0 Å². The number of benzene rings is 1. The van der Waals surface area contributed by atoms with Gasteiger partial charge in [-0.2, -0.15) is 0 Å². The highest BCUT2D eigenvalue weighted by Gasteiger charge is 2.12.